The summed E-state index contributed by atoms with van der Waals surface area (Å²) < 4.78 is 5.60. The molecule has 1 N–H and O–H groups in total. The van der Waals surface area contributed by atoms with Crippen LogP contribution in [0.5, 0.6) is 0 Å². The van der Waals surface area contributed by atoms with Gasteiger partial charge in [0.15, 0.2) is 0 Å². The van der Waals surface area contributed by atoms with Gasteiger partial charge in [0.2, 0.25) is 0 Å². The van der Waals surface area contributed by atoms with Crippen LogP contribution in [0.4, 0.5) is 5.82 Å². The van der Waals surface area contributed by atoms with Crippen LogP contribution < -0.4 is 5.32 Å². The molecule has 2 aromatic heterocycles. The van der Waals surface area contributed by atoms with Crippen molar-refractivity contribution in [2.24, 2.45) is 5.92 Å². The summed E-state index contributed by atoms with van der Waals surface area (Å²) >= 11 is 0. The van der Waals surface area contributed by atoms with Gasteiger partial charge in [-0.2, -0.15) is 5.26 Å². The monoisotopic (exact) mass is 280 g/mol. The predicted octanol–water partition coefficient (Wildman–Crippen LogP) is 2.02. The number of rotatable bonds is 4. The van der Waals surface area contributed by atoms with Crippen LogP contribution in [-0.4, -0.2) is 29.2 Å². The van der Waals surface area contributed by atoms with E-state index in [-0.39, 0.29) is 6.04 Å². The van der Waals surface area contributed by atoms with Crippen LogP contribution in [0.1, 0.15) is 11.3 Å². The smallest absolute Gasteiger partial charge is 0.142 e. The Labute approximate surface area is 123 Å². The van der Waals surface area contributed by atoms with Crippen molar-refractivity contribution in [1.82, 2.24) is 9.97 Å². The highest BCUT2D eigenvalue weighted by Gasteiger charge is 2.28. The molecule has 0 spiro atoms. The quantitative estimate of drug-likeness (QED) is 0.927. The van der Waals surface area contributed by atoms with Crippen molar-refractivity contribution in [2.45, 2.75) is 12.5 Å². The normalized spacial score (nSPS) is 20.9. The summed E-state index contributed by atoms with van der Waals surface area (Å²) in [5, 5.41) is 12.3. The van der Waals surface area contributed by atoms with E-state index in [2.05, 4.69) is 21.4 Å². The molecule has 1 aliphatic rings. The molecule has 1 fully saturated rings. The van der Waals surface area contributed by atoms with E-state index in [0.717, 1.165) is 18.8 Å². The van der Waals surface area contributed by atoms with Crippen LogP contribution in [0.15, 0.2) is 42.7 Å². The Morgan fingerprint density at radius 1 is 1.24 bits per heavy atom. The van der Waals surface area contributed by atoms with Gasteiger partial charge in [0.25, 0.3) is 0 Å². The van der Waals surface area contributed by atoms with Gasteiger partial charge >= 0.3 is 0 Å². The standard InChI is InChI=1S/C16H16N4O/c17-9-14-2-1-3-16(19-14)20-15-11-21-10-13(15)8-12-4-6-18-7-5-12/h1-7,13,15H,8,10-11H2,(H,19,20)/t13-,15-/m1/s1. The summed E-state index contributed by atoms with van der Waals surface area (Å²) in [5.41, 5.74) is 1.68. The van der Waals surface area contributed by atoms with Crippen LogP contribution in [-0.2, 0) is 11.2 Å². The molecule has 3 rings (SSSR count). The molecule has 0 saturated carbocycles. The van der Waals surface area contributed by atoms with Crippen LogP contribution >= 0.6 is 0 Å². The van der Waals surface area contributed by atoms with Crippen LogP contribution in [0.25, 0.3) is 0 Å². The molecule has 0 bridgehead atoms. The largest absolute Gasteiger partial charge is 0.379 e. The average molecular weight is 280 g/mol. The fraction of sp³-hybridized carbons (Fsp3) is 0.312. The van der Waals surface area contributed by atoms with E-state index < -0.39 is 0 Å². The third kappa shape index (κ3) is 3.36. The van der Waals surface area contributed by atoms with Crippen LogP contribution in [0.2, 0.25) is 0 Å². The molecule has 21 heavy (non-hydrogen) atoms. The molecule has 0 radical (unpaired) electrons. The van der Waals surface area contributed by atoms with Gasteiger partial charge in [-0.3, -0.25) is 4.98 Å². The number of nitrogens with one attached hydrogen (secondary N) is 1. The number of anilines is 1. The molecule has 106 valence electrons. The van der Waals surface area contributed by atoms with E-state index in [1.54, 1.807) is 6.07 Å². The highest BCUT2D eigenvalue weighted by Crippen LogP contribution is 2.22. The Morgan fingerprint density at radius 3 is 2.90 bits per heavy atom. The maximum Gasteiger partial charge on any atom is 0.142 e. The predicted molar refractivity (Wildman–Crippen MR) is 78.6 cm³/mol. The van der Waals surface area contributed by atoms with Gasteiger partial charge in [0, 0.05) is 18.3 Å². The summed E-state index contributed by atoms with van der Waals surface area (Å²) in [7, 11) is 0. The zero-order chi connectivity index (χ0) is 14.5. The van der Waals surface area contributed by atoms with E-state index in [1.807, 2.05) is 36.7 Å². The van der Waals surface area contributed by atoms with Crippen molar-refractivity contribution in [2.75, 3.05) is 18.5 Å². The second-order valence-corrected chi connectivity index (χ2v) is 5.13. The number of nitriles is 1. The van der Waals surface area contributed by atoms with Crippen molar-refractivity contribution in [3.05, 3.63) is 54.0 Å². The first-order valence-corrected chi connectivity index (χ1v) is 6.95. The van der Waals surface area contributed by atoms with Gasteiger partial charge in [-0.15, -0.1) is 0 Å². The molecule has 0 aromatic carbocycles. The van der Waals surface area contributed by atoms with E-state index in [4.69, 9.17) is 10.00 Å². The van der Waals surface area contributed by atoms with Crippen molar-refractivity contribution in [3.63, 3.8) is 0 Å². The summed E-state index contributed by atoms with van der Waals surface area (Å²) in [4.78, 5) is 8.30. The van der Waals surface area contributed by atoms with Crippen molar-refractivity contribution in [3.8, 4) is 6.07 Å². The molecule has 0 unspecified atom stereocenters. The SMILES string of the molecule is N#Cc1cccc(N[C@@H]2COC[C@H]2Cc2ccncc2)n1. The summed E-state index contributed by atoms with van der Waals surface area (Å²) in [5.74, 6) is 1.12. The molecule has 5 heteroatoms. The lowest BCUT2D eigenvalue weighted by atomic mass is 9.95. The van der Waals surface area contributed by atoms with Crippen molar-refractivity contribution >= 4 is 5.82 Å². The molecule has 3 heterocycles. The first-order valence-electron chi connectivity index (χ1n) is 6.95. The third-order valence-electron chi connectivity index (χ3n) is 3.64. The lowest BCUT2D eigenvalue weighted by Crippen LogP contribution is -2.29. The van der Waals surface area contributed by atoms with Gasteiger partial charge < -0.3 is 10.1 Å². The van der Waals surface area contributed by atoms with Crippen LogP contribution in [0, 0.1) is 17.2 Å². The van der Waals surface area contributed by atoms with Crippen molar-refractivity contribution in [1.29, 1.82) is 5.26 Å². The average Bonchev–Trinajstić information content (AvgIpc) is 2.95. The lowest BCUT2D eigenvalue weighted by Gasteiger charge is -2.19. The van der Waals surface area contributed by atoms with Gasteiger partial charge in [-0.25, -0.2) is 4.98 Å². The number of hydrogen-bond donors (Lipinski definition) is 1. The molecule has 2 atom stereocenters. The third-order valence-corrected chi connectivity index (χ3v) is 3.64. The molecule has 1 aliphatic heterocycles. The molecular formula is C16H16N4O. The fourth-order valence-electron chi connectivity index (χ4n) is 2.55. The summed E-state index contributed by atoms with van der Waals surface area (Å²) in [6.45, 7) is 1.39. The Balaban J connectivity index is 1.68. The molecule has 0 aliphatic carbocycles. The Kier molecular flexibility index (Phi) is 4.08. The second-order valence-electron chi connectivity index (χ2n) is 5.13. The molecule has 0 amide bonds. The van der Waals surface area contributed by atoms with Crippen molar-refractivity contribution < 1.29 is 4.74 Å². The van der Waals surface area contributed by atoms with Gasteiger partial charge in [0.05, 0.1) is 19.3 Å². The van der Waals surface area contributed by atoms with Gasteiger partial charge in [-0.1, -0.05) is 6.07 Å². The maximum atomic E-state index is 8.90. The number of aromatic nitrogens is 2. The van der Waals surface area contributed by atoms with E-state index in [1.165, 1.54) is 5.56 Å². The van der Waals surface area contributed by atoms with Gasteiger partial charge in [0.1, 0.15) is 17.6 Å². The van der Waals surface area contributed by atoms with E-state index in [9.17, 15) is 0 Å². The topological polar surface area (TPSA) is 70.8 Å². The first-order chi connectivity index (χ1) is 10.3. The number of hydrogen-bond acceptors (Lipinski definition) is 5. The minimum Gasteiger partial charge on any atom is -0.379 e. The number of nitrogens with zero attached hydrogens (tertiary/aromatic N) is 3. The Bertz CT molecular complexity index is 638. The maximum absolute atomic E-state index is 8.90. The minimum atomic E-state index is 0.208. The summed E-state index contributed by atoms with van der Waals surface area (Å²) in [6, 6.07) is 11.7. The highest BCUT2D eigenvalue weighted by atomic mass is 16.5. The van der Waals surface area contributed by atoms with E-state index in [0.29, 0.717) is 18.2 Å². The molecule has 5 nitrogen and oxygen atoms in total. The van der Waals surface area contributed by atoms with Crippen LogP contribution in [0.3, 0.4) is 0 Å². The van der Waals surface area contributed by atoms with E-state index >= 15 is 0 Å². The molecular weight excluding hydrogens is 264 g/mol. The summed E-state index contributed by atoms with van der Waals surface area (Å²) in [6.07, 6.45) is 4.56. The zero-order valence-electron chi connectivity index (χ0n) is 11.6. The fourth-order valence-corrected chi connectivity index (χ4v) is 2.55. The zero-order valence-corrected chi connectivity index (χ0v) is 11.6. The first kappa shape index (κ1) is 13.5. The lowest BCUT2D eigenvalue weighted by molar-refractivity contribution is 0.185. The second kappa shape index (κ2) is 6.33. The Morgan fingerprint density at radius 2 is 2.10 bits per heavy atom. The Hall–Kier alpha value is -2.45. The molecule has 1 saturated heterocycles. The highest BCUT2D eigenvalue weighted by molar-refractivity contribution is 5.39. The number of ether oxygens (including phenoxy) is 1. The molecule has 2 aromatic rings. The number of pyridine rings is 2. The minimum absolute atomic E-state index is 0.208. The van der Waals surface area contributed by atoms with Gasteiger partial charge in [-0.05, 0) is 36.2 Å².